The Bertz CT molecular complexity index is 1200. The maximum absolute atomic E-state index is 13.8. The Labute approximate surface area is 194 Å². The molecule has 0 saturated heterocycles. The number of benzene rings is 2. The van der Waals surface area contributed by atoms with Gasteiger partial charge in [-0.1, -0.05) is 18.2 Å². The number of para-hydroxylation sites is 1. The Kier molecular flexibility index (Phi) is 4.82. The summed E-state index contributed by atoms with van der Waals surface area (Å²) < 4.78 is 10.9. The summed E-state index contributed by atoms with van der Waals surface area (Å²) in [7, 11) is 3.25. The molecule has 1 heterocycles. The number of hydrogen-bond donors (Lipinski definition) is 1. The molecule has 4 bridgehead atoms. The van der Waals surface area contributed by atoms with Crippen LogP contribution in [0.2, 0.25) is 0 Å². The number of ether oxygens (including phenoxy) is 2. The molecule has 2 aromatic carbocycles. The van der Waals surface area contributed by atoms with Crippen LogP contribution in [-0.2, 0) is 0 Å². The molecule has 1 N–H and O–H groups in total. The summed E-state index contributed by atoms with van der Waals surface area (Å²) >= 11 is 0. The highest BCUT2D eigenvalue weighted by Gasteiger charge is 2.51. The first-order valence-electron chi connectivity index (χ1n) is 12.0. The molecular weight excluding hydrogens is 412 g/mol. The van der Waals surface area contributed by atoms with Crippen molar-refractivity contribution in [3.8, 4) is 22.8 Å². The molecule has 1 amide bonds. The molecule has 7 rings (SSSR count). The van der Waals surface area contributed by atoms with E-state index in [0.717, 1.165) is 59.2 Å². The number of amides is 1. The number of aromatic nitrogens is 1. The minimum Gasteiger partial charge on any atom is -0.493 e. The zero-order chi connectivity index (χ0) is 22.6. The van der Waals surface area contributed by atoms with Crippen LogP contribution in [0, 0.1) is 17.8 Å². The number of carbonyl (C=O) groups excluding carboxylic acids is 1. The molecule has 4 fully saturated rings. The lowest BCUT2D eigenvalue weighted by Gasteiger charge is -2.56. The molecule has 5 heteroatoms. The molecule has 0 atom stereocenters. The van der Waals surface area contributed by atoms with Crippen LogP contribution in [0.15, 0.2) is 48.5 Å². The molecule has 4 saturated carbocycles. The molecule has 0 radical (unpaired) electrons. The van der Waals surface area contributed by atoms with Crippen molar-refractivity contribution in [3.05, 3.63) is 54.1 Å². The lowest BCUT2D eigenvalue weighted by Crippen LogP contribution is -2.59. The van der Waals surface area contributed by atoms with Crippen molar-refractivity contribution < 1.29 is 14.3 Å². The molecule has 1 aromatic heterocycles. The third-order valence-corrected chi connectivity index (χ3v) is 8.06. The number of nitrogens with zero attached hydrogens (tertiary/aromatic N) is 1. The summed E-state index contributed by atoms with van der Waals surface area (Å²) in [5.41, 5.74) is 3.13. The predicted octanol–water partition coefficient (Wildman–Crippen LogP) is 5.62. The average molecular weight is 443 g/mol. The lowest BCUT2D eigenvalue weighted by atomic mass is 9.53. The van der Waals surface area contributed by atoms with Crippen LogP contribution in [0.1, 0.15) is 48.9 Å². The smallest absolute Gasteiger partial charge is 0.252 e. The van der Waals surface area contributed by atoms with E-state index < -0.39 is 0 Å². The van der Waals surface area contributed by atoms with Gasteiger partial charge in [-0.25, -0.2) is 4.98 Å². The fraction of sp³-hybridized carbons (Fsp3) is 0.429. The van der Waals surface area contributed by atoms with Gasteiger partial charge in [-0.3, -0.25) is 4.79 Å². The van der Waals surface area contributed by atoms with Crippen molar-refractivity contribution in [2.24, 2.45) is 17.8 Å². The van der Waals surface area contributed by atoms with Crippen LogP contribution in [-0.4, -0.2) is 30.6 Å². The Hall–Kier alpha value is -3.08. The molecule has 170 valence electrons. The Morgan fingerprint density at radius 3 is 2.24 bits per heavy atom. The highest BCUT2D eigenvalue weighted by Crippen LogP contribution is 2.55. The van der Waals surface area contributed by atoms with Crippen LogP contribution in [0.5, 0.6) is 11.5 Å². The first kappa shape index (κ1) is 20.5. The van der Waals surface area contributed by atoms with Crippen molar-refractivity contribution in [1.29, 1.82) is 0 Å². The van der Waals surface area contributed by atoms with Crippen LogP contribution in [0.3, 0.4) is 0 Å². The molecule has 5 nitrogen and oxygen atoms in total. The number of methoxy groups -OCH3 is 2. The van der Waals surface area contributed by atoms with E-state index in [4.69, 9.17) is 14.5 Å². The van der Waals surface area contributed by atoms with Crippen LogP contribution >= 0.6 is 0 Å². The fourth-order valence-electron chi connectivity index (χ4n) is 7.08. The Morgan fingerprint density at radius 1 is 0.909 bits per heavy atom. The topological polar surface area (TPSA) is 60.5 Å². The van der Waals surface area contributed by atoms with Gasteiger partial charge in [0.1, 0.15) is 0 Å². The summed E-state index contributed by atoms with van der Waals surface area (Å²) in [4.78, 5) is 18.6. The van der Waals surface area contributed by atoms with Gasteiger partial charge >= 0.3 is 0 Å². The van der Waals surface area contributed by atoms with Gasteiger partial charge in [0, 0.05) is 16.5 Å². The van der Waals surface area contributed by atoms with Gasteiger partial charge in [0.2, 0.25) is 0 Å². The second kappa shape index (κ2) is 7.75. The van der Waals surface area contributed by atoms with E-state index in [1.54, 1.807) is 14.2 Å². The quantitative estimate of drug-likeness (QED) is 0.557. The largest absolute Gasteiger partial charge is 0.493 e. The van der Waals surface area contributed by atoms with Gasteiger partial charge in [-0.2, -0.15) is 0 Å². The lowest BCUT2D eigenvalue weighted by molar-refractivity contribution is -0.0166. The van der Waals surface area contributed by atoms with Gasteiger partial charge < -0.3 is 14.8 Å². The second-order valence-corrected chi connectivity index (χ2v) is 10.3. The number of rotatable bonds is 5. The monoisotopic (exact) mass is 442 g/mol. The molecule has 4 aliphatic rings. The fourth-order valence-corrected chi connectivity index (χ4v) is 7.08. The summed E-state index contributed by atoms with van der Waals surface area (Å²) in [5.74, 6) is 3.69. The van der Waals surface area contributed by atoms with Crippen molar-refractivity contribution in [3.63, 3.8) is 0 Å². The number of fused-ring (bicyclic) bond motifs is 1. The normalized spacial score (nSPS) is 27.5. The van der Waals surface area contributed by atoms with E-state index in [-0.39, 0.29) is 11.4 Å². The zero-order valence-corrected chi connectivity index (χ0v) is 19.3. The van der Waals surface area contributed by atoms with Crippen LogP contribution in [0.4, 0.5) is 0 Å². The zero-order valence-electron chi connectivity index (χ0n) is 19.3. The highest BCUT2D eigenvalue weighted by molar-refractivity contribution is 6.07. The number of nitrogens with one attached hydrogen (secondary N) is 1. The molecule has 0 unspecified atom stereocenters. The van der Waals surface area contributed by atoms with E-state index >= 15 is 0 Å². The van der Waals surface area contributed by atoms with E-state index in [0.29, 0.717) is 17.1 Å². The Morgan fingerprint density at radius 2 is 1.58 bits per heavy atom. The van der Waals surface area contributed by atoms with Crippen molar-refractivity contribution in [2.45, 2.75) is 44.1 Å². The van der Waals surface area contributed by atoms with Gasteiger partial charge in [-0.15, -0.1) is 0 Å². The minimum absolute atomic E-state index is 0.0253. The predicted molar refractivity (Wildman–Crippen MR) is 129 cm³/mol. The van der Waals surface area contributed by atoms with Crippen molar-refractivity contribution >= 4 is 16.8 Å². The minimum atomic E-state index is -0.0281. The van der Waals surface area contributed by atoms with Gasteiger partial charge in [-0.05, 0) is 86.6 Å². The Balaban J connectivity index is 1.39. The third kappa shape index (κ3) is 3.54. The van der Waals surface area contributed by atoms with E-state index in [1.165, 1.54) is 19.3 Å². The summed E-state index contributed by atoms with van der Waals surface area (Å²) in [5, 5.41) is 4.43. The first-order chi connectivity index (χ1) is 16.1. The highest BCUT2D eigenvalue weighted by atomic mass is 16.5. The maximum Gasteiger partial charge on any atom is 0.252 e. The molecule has 0 spiro atoms. The number of hydrogen-bond acceptors (Lipinski definition) is 4. The molecule has 3 aromatic rings. The molecule has 0 aliphatic heterocycles. The average Bonchev–Trinajstić information content (AvgIpc) is 2.81. The summed E-state index contributed by atoms with van der Waals surface area (Å²) in [6.45, 7) is 0. The second-order valence-electron chi connectivity index (χ2n) is 10.3. The standard InChI is InChI=1S/C28H30N2O3/c1-32-25-8-7-20(12-26(25)33-2)24-13-22(21-5-3-4-6-23(21)29-24)27(31)30-28-14-17-9-18(15-28)11-19(10-17)16-28/h3-8,12-13,17-19H,9-11,14-16H2,1-2H3,(H,30,31). The number of carbonyl (C=O) groups is 1. The summed E-state index contributed by atoms with van der Waals surface area (Å²) in [6, 6.07) is 15.6. The number of pyridine rings is 1. The van der Waals surface area contributed by atoms with Crippen LogP contribution < -0.4 is 14.8 Å². The van der Waals surface area contributed by atoms with Gasteiger partial charge in [0.05, 0.1) is 31.0 Å². The first-order valence-corrected chi connectivity index (χ1v) is 12.0. The molecular formula is C28H30N2O3. The molecule has 4 aliphatic carbocycles. The van der Waals surface area contributed by atoms with Gasteiger partial charge in [0.25, 0.3) is 5.91 Å². The van der Waals surface area contributed by atoms with Gasteiger partial charge in [0.15, 0.2) is 11.5 Å². The summed E-state index contributed by atoms with van der Waals surface area (Å²) in [6.07, 6.45) is 7.48. The van der Waals surface area contributed by atoms with Crippen molar-refractivity contribution in [2.75, 3.05) is 14.2 Å². The van der Waals surface area contributed by atoms with E-state index in [2.05, 4.69) is 5.32 Å². The van der Waals surface area contributed by atoms with Crippen molar-refractivity contribution in [1.82, 2.24) is 10.3 Å². The third-order valence-electron chi connectivity index (χ3n) is 8.06. The van der Waals surface area contributed by atoms with Crippen LogP contribution in [0.25, 0.3) is 22.2 Å². The maximum atomic E-state index is 13.8. The van der Waals surface area contributed by atoms with E-state index in [9.17, 15) is 4.79 Å². The SMILES string of the molecule is COc1ccc(-c2cc(C(=O)NC34CC5CC(CC(C5)C3)C4)c3ccccc3n2)cc1OC. The van der Waals surface area contributed by atoms with E-state index in [1.807, 2.05) is 48.5 Å². The molecule has 33 heavy (non-hydrogen) atoms.